The standard InChI is InChI=1S/C13H21N5/c1-11(2)16-7-13-6-15-10-18(13)12(3)8-17-5-4-14-9-17/h4-6,9-12,16H,7-8H2,1-3H3. The van der Waals surface area contributed by atoms with Gasteiger partial charge in [0.05, 0.1) is 18.3 Å². The van der Waals surface area contributed by atoms with Crippen molar-refractivity contribution < 1.29 is 0 Å². The van der Waals surface area contributed by atoms with Crippen LogP contribution in [0.5, 0.6) is 0 Å². The molecule has 5 heteroatoms. The van der Waals surface area contributed by atoms with Crippen molar-refractivity contribution in [1.29, 1.82) is 0 Å². The van der Waals surface area contributed by atoms with Crippen LogP contribution in [0, 0.1) is 0 Å². The number of rotatable bonds is 6. The average molecular weight is 247 g/mol. The topological polar surface area (TPSA) is 47.7 Å². The minimum Gasteiger partial charge on any atom is -0.335 e. The number of hydrogen-bond donors (Lipinski definition) is 1. The molecule has 1 unspecified atom stereocenters. The Bertz CT molecular complexity index is 457. The van der Waals surface area contributed by atoms with Gasteiger partial charge in [0.15, 0.2) is 0 Å². The molecular weight excluding hydrogens is 226 g/mol. The van der Waals surface area contributed by atoms with E-state index < -0.39 is 0 Å². The largest absolute Gasteiger partial charge is 0.335 e. The van der Waals surface area contributed by atoms with Gasteiger partial charge in [-0.1, -0.05) is 13.8 Å². The highest BCUT2D eigenvalue weighted by Gasteiger charge is 2.10. The molecule has 2 aromatic heterocycles. The van der Waals surface area contributed by atoms with Crippen LogP contribution in [-0.2, 0) is 13.1 Å². The SMILES string of the molecule is CC(C)NCc1cncn1C(C)Cn1ccnc1. The highest BCUT2D eigenvalue weighted by Crippen LogP contribution is 2.12. The van der Waals surface area contributed by atoms with Crippen LogP contribution < -0.4 is 5.32 Å². The molecule has 0 aliphatic heterocycles. The Balaban J connectivity index is 2.01. The van der Waals surface area contributed by atoms with Crippen molar-refractivity contribution in [3.05, 3.63) is 36.9 Å². The molecule has 0 bridgehead atoms. The lowest BCUT2D eigenvalue weighted by Gasteiger charge is -2.18. The monoisotopic (exact) mass is 247 g/mol. The molecule has 0 aliphatic carbocycles. The van der Waals surface area contributed by atoms with Crippen LogP contribution in [0.25, 0.3) is 0 Å². The maximum absolute atomic E-state index is 4.25. The first kappa shape index (κ1) is 12.8. The summed E-state index contributed by atoms with van der Waals surface area (Å²) in [6, 6.07) is 0.850. The molecule has 2 heterocycles. The van der Waals surface area contributed by atoms with Crippen molar-refractivity contribution in [2.24, 2.45) is 0 Å². The van der Waals surface area contributed by atoms with Crippen LogP contribution in [-0.4, -0.2) is 25.1 Å². The molecule has 2 aromatic rings. The van der Waals surface area contributed by atoms with Gasteiger partial charge in [-0.2, -0.15) is 0 Å². The minimum absolute atomic E-state index is 0.366. The summed E-state index contributed by atoms with van der Waals surface area (Å²) >= 11 is 0. The minimum atomic E-state index is 0.366. The number of aromatic nitrogens is 4. The van der Waals surface area contributed by atoms with Crippen molar-refractivity contribution in [3.63, 3.8) is 0 Å². The van der Waals surface area contributed by atoms with Gasteiger partial charge in [0.2, 0.25) is 0 Å². The van der Waals surface area contributed by atoms with Crippen LogP contribution >= 0.6 is 0 Å². The van der Waals surface area contributed by atoms with Crippen molar-refractivity contribution in [1.82, 2.24) is 24.4 Å². The van der Waals surface area contributed by atoms with Crippen molar-refractivity contribution >= 4 is 0 Å². The molecule has 1 atom stereocenters. The van der Waals surface area contributed by atoms with Gasteiger partial charge in [-0.15, -0.1) is 0 Å². The van der Waals surface area contributed by atoms with Crippen LogP contribution in [0.3, 0.4) is 0 Å². The fraction of sp³-hybridized carbons (Fsp3) is 0.538. The second-order valence-corrected chi connectivity index (χ2v) is 4.94. The summed E-state index contributed by atoms with van der Waals surface area (Å²) in [6.45, 7) is 8.25. The zero-order valence-electron chi connectivity index (χ0n) is 11.2. The molecule has 0 radical (unpaired) electrons. The molecular formula is C13H21N5. The molecule has 0 spiro atoms. The third-order valence-corrected chi connectivity index (χ3v) is 2.95. The first-order chi connectivity index (χ1) is 8.66. The summed E-state index contributed by atoms with van der Waals surface area (Å²) in [5.41, 5.74) is 1.22. The molecule has 98 valence electrons. The predicted molar refractivity (Wildman–Crippen MR) is 71.1 cm³/mol. The summed E-state index contributed by atoms with van der Waals surface area (Å²) in [5.74, 6) is 0. The van der Waals surface area contributed by atoms with E-state index in [4.69, 9.17) is 0 Å². The summed E-state index contributed by atoms with van der Waals surface area (Å²) in [6.07, 6.45) is 9.47. The van der Waals surface area contributed by atoms with Gasteiger partial charge in [-0.3, -0.25) is 0 Å². The molecule has 0 saturated carbocycles. The van der Waals surface area contributed by atoms with Crippen molar-refractivity contribution in [2.75, 3.05) is 0 Å². The van der Waals surface area contributed by atoms with E-state index in [1.54, 1.807) is 0 Å². The number of hydrogen-bond acceptors (Lipinski definition) is 3. The van der Waals surface area contributed by atoms with E-state index in [1.807, 2.05) is 31.2 Å². The van der Waals surface area contributed by atoms with E-state index in [2.05, 4.69) is 45.2 Å². The van der Waals surface area contributed by atoms with Gasteiger partial charge in [0.1, 0.15) is 0 Å². The molecule has 5 nitrogen and oxygen atoms in total. The van der Waals surface area contributed by atoms with Gasteiger partial charge in [0.25, 0.3) is 0 Å². The zero-order chi connectivity index (χ0) is 13.0. The van der Waals surface area contributed by atoms with Crippen LogP contribution in [0.15, 0.2) is 31.2 Å². The Labute approximate surface area is 108 Å². The van der Waals surface area contributed by atoms with E-state index in [9.17, 15) is 0 Å². The highest BCUT2D eigenvalue weighted by atomic mass is 15.1. The molecule has 0 aliphatic rings. The summed E-state index contributed by atoms with van der Waals surface area (Å²) in [4.78, 5) is 8.31. The number of nitrogens with one attached hydrogen (secondary N) is 1. The van der Waals surface area contributed by atoms with Crippen molar-refractivity contribution in [2.45, 2.75) is 45.9 Å². The van der Waals surface area contributed by atoms with Gasteiger partial charge in [-0.25, -0.2) is 9.97 Å². The molecule has 0 saturated heterocycles. The first-order valence-corrected chi connectivity index (χ1v) is 6.36. The Kier molecular flexibility index (Phi) is 4.15. The average Bonchev–Trinajstić information content (AvgIpc) is 2.96. The lowest BCUT2D eigenvalue weighted by atomic mass is 10.3. The van der Waals surface area contributed by atoms with Crippen LogP contribution in [0.4, 0.5) is 0 Å². The Morgan fingerprint density at radius 1 is 1.22 bits per heavy atom. The molecule has 0 amide bonds. The molecule has 0 fully saturated rings. The lowest BCUT2D eigenvalue weighted by Crippen LogP contribution is -2.24. The van der Waals surface area contributed by atoms with Crippen LogP contribution in [0.2, 0.25) is 0 Å². The molecule has 1 N–H and O–H groups in total. The third kappa shape index (κ3) is 3.20. The van der Waals surface area contributed by atoms with Crippen molar-refractivity contribution in [3.8, 4) is 0 Å². The quantitative estimate of drug-likeness (QED) is 0.847. The summed E-state index contributed by atoms with van der Waals surface area (Å²) in [7, 11) is 0. The maximum Gasteiger partial charge on any atom is 0.0951 e. The Morgan fingerprint density at radius 3 is 2.72 bits per heavy atom. The fourth-order valence-electron chi connectivity index (χ4n) is 1.96. The Morgan fingerprint density at radius 2 is 2.06 bits per heavy atom. The third-order valence-electron chi connectivity index (χ3n) is 2.95. The van der Waals surface area contributed by atoms with E-state index in [0.29, 0.717) is 12.1 Å². The molecule has 0 aromatic carbocycles. The predicted octanol–water partition coefficient (Wildman–Crippen LogP) is 1.84. The zero-order valence-corrected chi connectivity index (χ0v) is 11.2. The van der Waals surface area contributed by atoms with E-state index in [-0.39, 0.29) is 0 Å². The van der Waals surface area contributed by atoms with E-state index >= 15 is 0 Å². The van der Waals surface area contributed by atoms with Crippen LogP contribution in [0.1, 0.15) is 32.5 Å². The maximum atomic E-state index is 4.25. The smallest absolute Gasteiger partial charge is 0.0951 e. The summed E-state index contributed by atoms with van der Waals surface area (Å²) < 4.78 is 4.31. The van der Waals surface area contributed by atoms with E-state index in [1.165, 1.54) is 5.69 Å². The van der Waals surface area contributed by atoms with Gasteiger partial charge in [0, 0.05) is 43.8 Å². The Hall–Kier alpha value is -1.62. The normalized spacial score (nSPS) is 13.1. The number of nitrogens with zero attached hydrogens (tertiary/aromatic N) is 4. The van der Waals surface area contributed by atoms with Gasteiger partial charge >= 0.3 is 0 Å². The first-order valence-electron chi connectivity index (χ1n) is 6.36. The van der Waals surface area contributed by atoms with E-state index in [0.717, 1.165) is 13.1 Å². The number of imidazole rings is 2. The summed E-state index contributed by atoms with van der Waals surface area (Å²) in [5, 5.41) is 3.42. The molecule has 2 rings (SSSR count). The van der Waals surface area contributed by atoms with Gasteiger partial charge < -0.3 is 14.5 Å². The fourth-order valence-corrected chi connectivity index (χ4v) is 1.96. The lowest BCUT2D eigenvalue weighted by molar-refractivity contribution is 0.442. The highest BCUT2D eigenvalue weighted by molar-refractivity contribution is 5.00. The second-order valence-electron chi connectivity index (χ2n) is 4.94. The second kappa shape index (κ2) is 5.82. The molecule has 18 heavy (non-hydrogen) atoms. The van der Waals surface area contributed by atoms with Gasteiger partial charge in [-0.05, 0) is 6.92 Å².